The minimum Gasteiger partial charge on any atom is -0.322 e. The zero-order valence-corrected chi connectivity index (χ0v) is 12.5. The molecule has 0 fully saturated rings. The van der Waals surface area contributed by atoms with Crippen molar-refractivity contribution in [3.63, 3.8) is 0 Å². The first-order valence-corrected chi connectivity index (χ1v) is 7.37. The molecular formula is C17H15BrN2. The van der Waals surface area contributed by atoms with Crippen LogP contribution in [0.2, 0.25) is 0 Å². The van der Waals surface area contributed by atoms with Crippen molar-refractivity contribution >= 4 is 26.7 Å². The fourth-order valence-electron chi connectivity index (χ4n) is 2.45. The highest BCUT2D eigenvalue weighted by Crippen LogP contribution is 2.24. The number of hydrogen-bond acceptors (Lipinski definition) is 2. The molecule has 0 aliphatic rings. The number of nitrogens with zero attached hydrogens (tertiary/aromatic N) is 1. The average molecular weight is 327 g/mol. The molecule has 0 saturated heterocycles. The molecule has 2 N–H and O–H groups in total. The molecule has 3 rings (SSSR count). The normalized spacial score (nSPS) is 12.5. The molecule has 3 aromatic rings. The van der Waals surface area contributed by atoms with Gasteiger partial charge in [0, 0.05) is 16.1 Å². The highest BCUT2D eigenvalue weighted by atomic mass is 79.9. The van der Waals surface area contributed by atoms with E-state index in [2.05, 4.69) is 45.2 Å². The van der Waals surface area contributed by atoms with Gasteiger partial charge in [0.1, 0.15) is 0 Å². The van der Waals surface area contributed by atoms with Crippen molar-refractivity contribution in [1.82, 2.24) is 4.98 Å². The molecule has 1 heterocycles. The van der Waals surface area contributed by atoms with E-state index in [9.17, 15) is 0 Å². The zero-order valence-electron chi connectivity index (χ0n) is 11.0. The lowest BCUT2D eigenvalue weighted by Crippen LogP contribution is -2.15. The minimum absolute atomic E-state index is 0.101. The molecule has 0 aliphatic heterocycles. The Hall–Kier alpha value is -1.71. The number of pyridine rings is 1. The van der Waals surface area contributed by atoms with Crippen LogP contribution in [-0.4, -0.2) is 4.98 Å². The summed E-state index contributed by atoms with van der Waals surface area (Å²) in [6.07, 6.45) is 2.61. The summed E-state index contributed by atoms with van der Waals surface area (Å²) in [5, 5.41) is 2.32. The van der Waals surface area contributed by atoms with E-state index in [4.69, 9.17) is 5.73 Å². The topological polar surface area (TPSA) is 38.9 Å². The Bertz CT molecular complexity index is 734. The Morgan fingerprint density at radius 2 is 1.90 bits per heavy atom. The maximum absolute atomic E-state index is 6.37. The van der Waals surface area contributed by atoms with Gasteiger partial charge in [-0.15, -0.1) is 0 Å². The molecule has 0 spiro atoms. The third-order valence-electron chi connectivity index (χ3n) is 3.40. The van der Waals surface area contributed by atoms with Gasteiger partial charge in [-0.25, -0.2) is 0 Å². The third-order valence-corrected chi connectivity index (χ3v) is 3.89. The highest BCUT2D eigenvalue weighted by Gasteiger charge is 2.12. The lowest BCUT2D eigenvalue weighted by Gasteiger charge is -2.14. The molecule has 20 heavy (non-hydrogen) atoms. The van der Waals surface area contributed by atoms with Gasteiger partial charge < -0.3 is 5.73 Å². The van der Waals surface area contributed by atoms with E-state index in [0.717, 1.165) is 22.0 Å². The van der Waals surface area contributed by atoms with Crippen molar-refractivity contribution in [3.05, 3.63) is 76.5 Å². The smallest absolute Gasteiger partial charge is 0.0652 e. The van der Waals surface area contributed by atoms with Crippen LogP contribution in [0.5, 0.6) is 0 Å². The predicted molar refractivity (Wildman–Crippen MR) is 86.5 cm³/mol. The maximum atomic E-state index is 6.37. The second-order valence-electron chi connectivity index (χ2n) is 4.86. The summed E-state index contributed by atoms with van der Waals surface area (Å²) in [6, 6.07) is 18.4. The van der Waals surface area contributed by atoms with Crippen LogP contribution in [0.1, 0.15) is 17.3 Å². The molecule has 100 valence electrons. The zero-order chi connectivity index (χ0) is 13.9. The SMILES string of the molecule is NC(Cc1cccc(Br)c1)c1nccc2ccccc12. The van der Waals surface area contributed by atoms with E-state index in [1.807, 2.05) is 36.5 Å². The summed E-state index contributed by atoms with van der Waals surface area (Å²) in [4.78, 5) is 4.49. The van der Waals surface area contributed by atoms with Crippen molar-refractivity contribution in [2.24, 2.45) is 5.73 Å². The third kappa shape index (κ3) is 2.74. The van der Waals surface area contributed by atoms with Gasteiger partial charge in [0.25, 0.3) is 0 Å². The molecule has 0 amide bonds. The number of nitrogens with two attached hydrogens (primary N) is 1. The van der Waals surface area contributed by atoms with E-state index in [0.29, 0.717) is 0 Å². The Morgan fingerprint density at radius 3 is 2.75 bits per heavy atom. The monoisotopic (exact) mass is 326 g/mol. The molecular weight excluding hydrogens is 312 g/mol. The molecule has 1 unspecified atom stereocenters. The van der Waals surface area contributed by atoms with Gasteiger partial charge in [-0.05, 0) is 35.6 Å². The first-order valence-electron chi connectivity index (χ1n) is 6.58. The number of rotatable bonds is 3. The van der Waals surface area contributed by atoms with Crippen molar-refractivity contribution in [2.75, 3.05) is 0 Å². The van der Waals surface area contributed by atoms with Crippen molar-refractivity contribution in [2.45, 2.75) is 12.5 Å². The van der Waals surface area contributed by atoms with Crippen LogP contribution < -0.4 is 5.73 Å². The first kappa shape index (κ1) is 13.3. The van der Waals surface area contributed by atoms with Gasteiger partial charge in [-0.3, -0.25) is 4.98 Å². The Balaban J connectivity index is 1.94. The van der Waals surface area contributed by atoms with Gasteiger partial charge in [-0.1, -0.05) is 52.3 Å². The van der Waals surface area contributed by atoms with E-state index < -0.39 is 0 Å². The summed E-state index contributed by atoms with van der Waals surface area (Å²) in [5.41, 5.74) is 8.54. The van der Waals surface area contributed by atoms with Gasteiger partial charge in [-0.2, -0.15) is 0 Å². The molecule has 2 nitrogen and oxygen atoms in total. The predicted octanol–water partition coefficient (Wildman–Crippen LogP) is 4.24. The number of fused-ring (bicyclic) bond motifs is 1. The van der Waals surface area contributed by atoms with Crippen LogP contribution >= 0.6 is 15.9 Å². The van der Waals surface area contributed by atoms with Crippen LogP contribution in [0.4, 0.5) is 0 Å². The Morgan fingerprint density at radius 1 is 1.05 bits per heavy atom. The second-order valence-corrected chi connectivity index (χ2v) is 5.77. The minimum atomic E-state index is -0.101. The Kier molecular flexibility index (Phi) is 3.81. The van der Waals surface area contributed by atoms with Gasteiger partial charge in [0.05, 0.1) is 11.7 Å². The molecule has 0 aliphatic carbocycles. The van der Waals surface area contributed by atoms with Gasteiger partial charge in [0.15, 0.2) is 0 Å². The lowest BCUT2D eigenvalue weighted by molar-refractivity contribution is 0.704. The molecule has 3 heteroatoms. The quantitative estimate of drug-likeness (QED) is 0.781. The second kappa shape index (κ2) is 5.73. The largest absolute Gasteiger partial charge is 0.322 e. The molecule has 0 saturated carbocycles. The van der Waals surface area contributed by atoms with Crippen molar-refractivity contribution in [1.29, 1.82) is 0 Å². The van der Waals surface area contributed by atoms with E-state index in [-0.39, 0.29) is 6.04 Å². The number of hydrogen-bond donors (Lipinski definition) is 1. The lowest BCUT2D eigenvalue weighted by atomic mass is 9.99. The van der Waals surface area contributed by atoms with Crippen molar-refractivity contribution < 1.29 is 0 Å². The van der Waals surface area contributed by atoms with Gasteiger partial charge in [0.2, 0.25) is 0 Å². The summed E-state index contributed by atoms with van der Waals surface area (Å²) >= 11 is 3.49. The standard InChI is InChI=1S/C17H15BrN2/c18-14-6-3-4-12(10-14)11-16(19)17-15-7-2-1-5-13(15)8-9-20-17/h1-10,16H,11,19H2. The summed E-state index contributed by atoms with van der Waals surface area (Å²) in [5.74, 6) is 0. The van der Waals surface area contributed by atoms with Crippen LogP contribution in [-0.2, 0) is 6.42 Å². The van der Waals surface area contributed by atoms with E-state index in [1.165, 1.54) is 10.9 Å². The fourth-order valence-corrected chi connectivity index (χ4v) is 2.90. The number of halogens is 1. The van der Waals surface area contributed by atoms with Crippen molar-refractivity contribution in [3.8, 4) is 0 Å². The van der Waals surface area contributed by atoms with Crippen LogP contribution in [0.25, 0.3) is 10.8 Å². The van der Waals surface area contributed by atoms with Crippen LogP contribution in [0.3, 0.4) is 0 Å². The molecule has 0 radical (unpaired) electrons. The first-order chi connectivity index (χ1) is 9.74. The van der Waals surface area contributed by atoms with Crippen LogP contribution in [0, 0.1) is 0 Å². The summed E-state index contributed by atoms with van der Waals surface area (Å²) in [7, 11) is 0. The van der Waals surface area contributed by atoms with E-state index >= 15 is 0 Å². The highest BCUT2D eigenvalue weighted by molar-refractivity contribution is 9.10. The molecule has 0 bridgehead atoms. The Labute approximate surface area is 126 Å². The maximum Gasteiger partial charge on any atom is 0.0652 e. The number of benzene rings is 2. The molecule has 1 atom stereocenters. The molecule has 2 aromatic carbocycles. The fraction of sp³-hybridized carbons (Fsp3) is 0.118. The van der Waals surface area contributed by atoms with Gasteiger partial charge >= 0.3 is 0 Å². The van der Waals surface area contributed by atoms with Crippen LogP contribution in [0.15, 0.2) is 65.3 Å². The number of aromatic nitrogens is 1. The molecule has 1 aromatic heterocycles. The summed E-state index contributed by atoms with van der Waals surface area (Å²) < 4.78 is 1.08. The van der Waals surface area contributed by atoms with E-state index in [1.54, 1.807) is 0 Å². The average Bonchev–Trinajstić information content (AvgIpc) is 2.46. The summed E-state index contributed by atoms with van der Waals surface area (Å²) in [6.45, 7) is 0.